The van der Waals surface area contributed by atoms with Crippen molar-refractivity contribution in [3.8, 4) is 5.75 Å². The number of imidazole rings is 1. The normalized spacial score (nSPS) is 11.2. The maximum Gasteiger partial charge on any atom is 0.204 e. The third-order valence-corrected chi connectivity index (χ3v) is 5.86. The molecular weight excluding hydrogens is 426 g/mol. The number of rotatable bonds is 12. The molecule has 0 unspecified atom stereocenters. The molecule has 0 bridgehead atoms. The minimum absolute atomic E-state index is 0.298. The summed E-state index contributed by atoms with van der Waals surface area (Å²) in [5.74, 6) is 1.17. The number of unbranched alkanes of at least 4 members (excludes halogenated alkanes) is 7. The first kappa shape index (κ1) is 21.7. The number of anilines is 1. The van der Waals surface area contributed by atoms with Crippen LogP contribution < -0.4 is 5.32 Å². The van der Waals surface area contributed by atoms with Crippen molar-refractivity contribution >= 4 is 32.9 Å². The van der Waals surface area contributed by atoms with Crippen LogP contribution in [0.5, 0.6) is 5.75 Å². The molecule has 1 aromatic heterocycles. The molecule has 0 atom stereocenters. The number of fused-ring (bicyclic) bond motifs is 1. The minimum atomic E-state index is 0.298. The van der Waals surface area contributed by atoms with Gasteiger partial charge in [0.15, 0.2) is 0 Å². The number of phenols is 1. The van der Waals surface area contributed by atoms with E-state index < -0.39 is 0 Å². The number of nitrogens with one attached hydrogen (secondary N) is 1. The van der Waals surface area contributed by atoms with Crippen LogP contribution in [0.2, 0.25) is 0 Å². The summed E-state index contributed by atoms with van der Waals surface area (Å²) in [5, 5.41) is 13.5. The zero-order valence-electron chi connectivity index (χ0n) is 17.3. The van der Waals surface area contributed by atoms with Gasteiger partial charge in [0, 0.05) is 23.1 Å². The third kappa shape index (κ3) is 6.23. The van der Waals surface area contributed by atoms with Gasteiger partial charge in [-0.05, 0) is 36.8 Å². The van der Waals surface area contributed by atoms with E-state index in [1.807, 2.05) is 18.2 Å². The van der Waals surface area contributed by atoms with Gasteiger partial charge in [0.25, 0.3) is 0 Å². The van der Waals surface area contributed by atoms with E-state index in [9.17, 15) is 5.11 Å². The van der Waals surface area contributed by atoms with Gasteiger partial charge < -0.3 is 15.0 Å². The summed E-state index contributed by atoms with van der Waals surface area (Å²) < 4.78 is 3.24. The van der Waals surface area contributed by atoms with Crippen molar-refractivity contribution in [2.24, 2.45) is 0 Å². The van der Waals surface area contributed by atoms with E-state index in [1.54, 1.807) is 6.07 Å². The summed E-state index contributed by atoms with van der Waals surface area (Å²) in [4.78, 5) is 4.79. The van der Waals surface area contributed by atoms with E-state index in [-0.39, 0.29) is 0 Å². The second kappa shape index (κ2) is 11.2. The number of phenolic OH excluding ortho intramolecular Hbond substituents is 1. The molecule has 0 spiro atoms. The maximum absolute atomic E-state index is 10.1. The number of hydrogen-bond acceptors (Lipinski definition) is 3. The lowest BCUT2D eigenvalue weighted by Gasteiger charge is -2.12. The molecule has 29 heavy (non-hydrogen) atoms. The molecule has 1 heterocycles. The number of hydrogen-bond donors (Lipinski definition) is 2. The monoisotopic (exact) mass is 457 g/mol. The molecule has 156 valence electrons. The van der Waals surface area contributed by atoms with Crippen molar-refractivity contribution in [1.82, 2.24) is 9.55 Å². The van der Waals surface area contributed by atoms with Crippen LogP contribution in [-0.4, -0.2) is 14.7 Å². The maximum atomic E-state index is 10.1. The van der Waals surface area contributed by atoms with Crippen molar-refractivity contribution in [2.75, 3.05) is 5.32 Å². The SMILES string of the molecule is CCCCCCCCCCn1c(NCc2cc(Br)ccc2O)nc2ccccc21. The molecule has 4 nitrogen and oxygen atoms in total. The average molecular weight is 458 g/mol. The molecule has 0 amide bonds. The second-order valence-corrected chi connectivity index (χ2v) is 8.59. The second-order valence-electron chi connectivity index (χ2n) is 7.68. The van der Waals surface area contributed by atoms with Crippen molar-refractivity contribution < 1.29 is 5.11 Å². The molecule has 0 fully saturated rings. The van der Waals surface area contributed by atoms with Gasteiger partial charge in [-0.15, -0.1) is 0 Å². The van der Waals surface area contributed by atoms with Gasteiger partial charge in [-0.2, -0.15) is 0 Å². The third-order valence-electron chi connectivity index (χ3n) is 5.37. The van der Waals surface area contributed by atoms with Gasteiger partial charge in [0.05, 0.1) is 11.0 Å². The highest BCUT2D eigenvalue weighted by molar-refractivity contribution is 9.10. The first-order valence-corrected chi connectivity index (χ1v) is 11.6. The molecule has 2 aromatic carbocycles. The first-order valence-electron chi connectivity index (χ1n) is 10.9. The van der Waals surface area contributed by atoms with Gasteiger partial charge in [0.1, 0.15) is 5.75 Å². The molecule has 0 saturated carbocycles. The van der Waals surface area contributed by atoms with Crippen LogP contribution in [0, 0.1) is 0 Å². The van der Waals surface area contributed by atoms with Crippen LogP contribution in [0.15, 0.2) is 46.9 Å². The highest BCUT2D eigenvalue weighted by Crippen LogP contribution is 2.25. The number of nitrogens with zero attached hydrogens (tertiary/aromatic N) is 2. The molecular formula is C24H32BrN3O. The van der Waals surface area contributed by atoms with Crippen LogP contribution in [0.4, 0.5) is 5.95 Å². The largest absolute Gasteiger partial charge is 0.508 e. The Morgan fingerprint density at radius 1 is 0.966 bits per heavy atom. The molecule has 0 aliphatic rings. The topological polar surface area (TPSA) is 50.1 Å². The molecule has 0 radical (unpaired) electrons. The van der Waals surface area contributed by atoms with E-state index in [0.29, 0.717) is 12.3 Å². The highest BCUT2D eigenvalue weighted by atomic mass is 79.9. The summed E-state index contributed by atoms with van der Waals surface area (Å²) in [5.41, 5.74) is 3.02. The van der Waals surface area contributed by atoms with Gasteiger partial charge in [-0.1, -0.05) is 79.9 Å². The molecule has 3 rings (SSSR count). The van der Waals surface area contributed by atoms with Gasteiger partial charge in [-0.3, -0.25) is 0 Å². The lowest BCUT2D eigenvalue weighted by atomic mass is 10.1. The van der Waals surface area contributed by atoms with Gasteiger partial charge >= 0.3 is 0 Å². The number of halogens is 1. The number of aromatic nitrogens is 2. The predicted octanol–water partition coefficient (Wildman–Crippen LogP) is 7.26. The predicted molar refractivity (Wildman–Crippen MR) is 125 cm³/mol. The summed E-state index contributed by atoms with van der Waals surface area (Å²) in [6.45, 7) is 3.76. The van der Waals surface area contributed by atoms with Gasteiger partial charge in [0.2, 0.25) is 5.95 Å². The Kier molecular flexibility index (Phi) is 8.41. The Morgan fingerprint density at radius 3 is 2.48 bits per heavy atom. The Labute approximate surface area is 182 Å². The van der Waals surface area contributed by atoms with E-state index in [2.05, 4.69) is 50.9 Å². The Balaban J connectivity index is 1.61. The van der Waals surface area contributed by atoms with Crippen molar-refractivity contribution in [3.05, 3.63) is 52.5 Å². The van der Waals surface area contributed by atoms with Gasteiger partial charge in [-0.25, -0.2) is 4.98 Å². The zero-order chi connectivity index (χ0) is 20.5. The summed E-state index contributed by atoms with van der Waals surface area (Å²) in [6, 6.07) is 13.8. The first-order chi connectivity index (χ1) is 14.2. The minimum Gasteiger partial charge on any atom is -0.508 e. The lowest BCUT2D eigenvalue weighted by molar-refractivity contribution is 0.469. The van der Waals surface area contributed by atoms with E-state index >= 15 is 0 Å². The fourth-order valence-corrected chi connectivity index (χ4v) is 4.12. The molecule has 0 aliphatic heterocycles. The van der Waals surface area contributed by atoms with Crippen LogP contribution >= 0.6 is 15.9 Å². The van der Waals surface area contributed by atoms with E-state index in [0.717, 1.165) is 40.0 Å². The quantitative estimate of drug-likeness (QED) is 0.281. The van der Waals surface area contributed by atoms with Crippen LogP contribution in [0.1, 0.15) is 63.9 Å². The van der Waals surface area contributed by atoms with Crippen LogP contribution in [0.3, 0.4) is 0 Å². The fourth-order valence-electron chi connectivity index (χ4n) is 3.71. The summed E-state index contributed by atoms with van der Waals surface area (Å²) in [6.07, 6.45) is 10.5. The number of para-hydroxylation sites is 2. The van der Waals surface area contributed by atoms with E-state index in [4.69, 9.17) is 4.98 Å². The number of aromatic hydroxyl groups is 1. The Bertz CT molecular complexity index is 906. The van der Waals surface area contributed by atoms with Crippen molar-refractivity contribution in [3.63, 3.8) is 0 Å². The molecule has 2 N–H and O–H groups in total. The zero-order valence-corrected chi connectivity index (χ0v) is 18.9. The van der Waals surface area contributed by atoms with Crippen molar-refractivity contribution in [1.29, 1.82) is 0 Å². The Hall–Kier alpha value is -2.01. The highest BCUT2D eigenvalue weighted by Gasteiger charge is 2.11. The molecule has 0 aliphatic carbocycles. The average Bonchev–Trinajstić information content (AvgIpc) is 3.08. The summed E-state index contributed by atoms with van der Waals surface area (Å²) in [7, 11) is 0. The molecule has 0 saturated heterocycles. The smallest absolute Gasteiger partial charge is 0.204 e. The molecule has 3 aromatic rings. The van der Waals surface area contributed by atoms with E-state index in [1.165, 1.54) is 44.9 Å². The standard InChI is InChI=1S/C24H32BrN3O/c1-2-3-4-5-6-7-8-11-16-28-22-13-10-9-12-21(22)27-24(28)26-18-19-17-20(25)14-15-23(19)29/h9-10,12-15,17,29H,2-8,11,16,18H2,1H3,(H,26,27). The fraction of sp³-hybridized carbons (Fsp3) is 0.458. The number of benzene rings is 2. The Morgan fingerprint density at radius 2 is 1.69 bits per heavy atom. The van der Waals surface area contributed by atoms with Crippen LogP contribution in [0.25, 0.3) is 11.0 Å². The lowest BCUT2D eigenvalue weighted by Crippen LogP contribution is -2.08. The number of aryl methyl sites for hydroxylation is 1. The summed E-state index contributed by atoms with van der Waals surface area (Å²) >= 11 is 3.47. The van der Waals surface area contributed by atoms with Crippen LogP contribution in [-0.2, 0) is 13.1 Å². The molecule has 5 heteroatoms. The van der Waals surface area contributed by atoms with Crippen molar-refractivity contribution in [2.45, 2.75) is 71.4 Å².